The summed E-state index contributed by atoms with van der Waals surface area (Å²) in [6, 6.07) is 0.156. The quantitative estimate of drug-likeness (QED) is 0.422. The molecule has 1 aromatic heterocycles. The van der Waals surface area contributed by atoms with Crippen molar-refractivity contribution >= 4 is 40.7 Å². The maximum Gasteiger partial charge on any atom is 0.320 e. The molecule has 0 saturated carbocycles. The summed E-state index contributed by atoms with van der Waals surface area (Å²) in [5.41, 5.74) is -0.299. The Morgan fingerprint density at radius 3 is 2.57 bits per heavy atom. The molecule has 2 atom stereocenters. The Bertz CT molecular complexity index is 1070. The van der Waals surface area contributed by atoms with Crippen molar-refractivity contribution in [3.8, 4) is 0 Å². The van der Waals surface area contributed by atoms with Gasteiger partial charge in [0, 0.05) is 58.8 Å². The second-order valence-corrected chi connectivity index (χ2v) is 11.0. The Hall–Kier alpha value is -2.82. The van der Waals surface area contributed by atoms with Gasteiger partial charge in [-0.2, -0.15) is 0 Å². The molecule has 0 aromatic carbocycles. The molecular formula is C26H39FN8OS. The Labute approximate surface area is 223 Å². The molecule has 202 valence electrons. The fourth-order valence-electron chi connectivity index (χ4n) is 5.32. The number of aryl methyl sites for hydroxylation is 1. The number of aliphatic imine (C=N–C) groups is 1. The second-order valence-electron chi connectivity index (χ2n) is 9.77. The number of carbonyl (C=O) groups is 1. The molecule has 1 aromatic rings. The van der Waals surface area contributed by atoms with Crippen molar-refractivity contribution < 1.29 is 9.18 Å². The van der Waals surface area contributed by atoms with Gasteiger partial charge in [-0.25, -0.2) is 19.2 Å². The monoisotopic (exact) mass is 530 g/mol. The molecule has 9 nitrogen and oxygen atoms in total. The van der Waals surface area contributed by atoms with Crippen LogP contribution in [0.4, 0.5) is 15.0 Å². The number of hydrogen-bond donors (Lipinski definition) is 1. The lowest BCUT2D eigenvalue weighted by Gasteiger charge is -2.42. The smallest absolute Gasteiger partial charge is 0.320 e. The number of amides is 2. The number of piperidine rings is 1. The van der Waals surface area contributed by atoms with Gasteiger partial charge >= 0.3 is 6.03 Å². The van der Waals surface area contributed by atoms with Crippen LogP contribution in [0.1, 0.15) is 57.2 Å². The molecule has 0 bridgehead atoms. The van der Waals surface area contributed by atoms with Crippen molar-refractivity contribution in [3.63, 3.8) is 0 Å². The summed E-state index contributed by atoms with van der Waals surface area (Å²) in [5, 5.41) is 8.62. The normalized spacial score (nSPS) is 20.8. The first-order valence-electron chi connectivity index (χ1n) is 13.1. The van der Waals surface area contributed by atoms with Gasteiger partial charge in [0.1, 0.15) is 29.1 Å². The first-order valence-corrected chi connectivity index (χ1v) is 14.0. The minimum absolute atomic E-state index is 0.106. The molecule has 2 amide bonds. The molecule has 37 heavy (non-hydrogen) atoms. The molecule has 0 aliphatic carbocycles. The first-order chi connectivity index (χ1) is 17.8. The maximum absolute atomic E-state index is 13.7. The van der Waals surface area contributed by atoms with Crippen LogP contribution in [0, 0.1) is 11.3 Å². The average Bonchev–Trinajstić information content (AvgIpc) is 3.24. The second kappa shape index (κ2) is 11.7. The SMILES string of the molecule is C=C/N=C(/C1CCN(C(=O)N2CCC2)CC1)N(C)C1CC=Cc2nc(CC)c(N(C)C(=N)SC(C)F)n21. The van der Waals surface area contributed by atoms with Crippen LogP contribution in [-0.4, -0.2) is 87.1 Å². The number of likely N-dealkylation sites (tertiary alicyclic amines) is 2. The molecule has 0 radical (unpaired) electrons. The zero-order chi connectivity index (χ0) is 26.7. The van der Waals surface area contributed by atoms with Crippen LogP contribution < -0.4 is 4.90 Å². The lowest BCUT2D eigenvalue weighted by Crippen LogP contribution is -2.53. The number of nitrogens with one attached hydrogen (secondary N) is 1. The number of aromatic nitrogens is 2. The number of alkyl halides is 1. The number of carbonyl (C=O) groups excluding carboxylic acids is 1. The number of amidine groups is 2. The van der Waals surface area contributed by atoms with Crippen molar-refractivity contribution in [3.05, 3.63) is 30.4 Å². The van der Waals surface area contributed by atoms with Crippen molar-refractivity contribution in [2.45, 2.75) is 57.6 Å². The maximum atomic E-state index is 13.7. The summed E-state index contributed by atoms with van der Waals surface area (Å²) in [4.78, 5) is 30.1. The largest absolute Gasteiger partial charge is 0.342 e. The fraction of sp³-hybridized carbons (Fsp3) is 0.615. The minimum Gasteiger partial charge on any atom is -0.342 e. The van der Waals surface area contributed by atoms with Crippen molar-refractivity contribution in [2.75, 3.05) is 45.2 Å². The van der Waals surface area contributed by atoms with Crippen molar-refractivity contribution in [1.82, 2.24) is 24.3 Å². The van der Waals surface area contributed by atoms with Crippen molar-refractivity contribution in [2.24, 2.45) is 10.9 Å². The van der Waals surface area contributed by atoms with E-state index in [-0.39, 0.29) is 23.3 Å². The molecule has 3 aliphatic heterocycles. The number of nitrogens with zero attached hydrogens (tertiary/aromatic N) is 7. The third-order valence-corrected chi connectivity index (χ3v) is 8.24. The van der Waals surface area contributed by atoms with E-state index in [0.717, 1.165) is 73.7 Å². The van der Waals surface area contributed by atoms with Crippen LogP contribution >= 0.6 is 11.8 Å². The van der Waals surface area contributed by atoms with Gasteiger partial charge in [0.05, 0.1) is 5.69 Å². The lowest BCUT2D eigenvalue weighted by atomic mass is 9.94. The highest BCUT2D eigenvalue weighted by Crippen LogP contribution is 2.36. The van der Waals surface area contributed by atoms with Gasteiger partial charge in [0.2, 0.25) is 0 Å². The van der Waals surface area contributed by atoms with Crippen LogP contribution in [0.3, 0.4) is 0 Å². The fourth-order valence-corrected chi connectivity index (χ4v) is 5.87. The Balaban J connectivity index is 1.58. The predicted molar refractivity (Wildman–Crippen MR) is 150 cm³/mol. The molecule has 4 heterocycles. The molecule has 11 heteroatoms. The van der Waals surface area contributed by atoms with Gasteiger partial charge < -0.3 is 19.6 Å². The predicted octanol–water partition coefficient (Wildman–Crippen LogP) is 4.79. The van der Waals surface area contributed by atoms with E-state index in [0.29, 0.717) is 19.5 Å². The van der Waals surface area contributed by atoms with Crippen LogP contribution in [0.25, 0.3) is 6.08 Å². The highest BCUT2D eigenvalue weighted by atomic mass is 32.2. The van der Waals surface area contributed by atoms with Crippen LogP contribution in [0.2, 0.25) is 0 Å². The van der Waals surface area contributed by atoms with Gasteiger partial charge in [-0.15, -0.1) is 0 Å². The Morgan fingerprint density at radius 2 is 2.00 bits per heavy atom. The molecule has 2 fully saturated rings. The standard InChI is InChI=1S/C26H39FN8OS/c1-6-20-24(32(5)25(28)37-18(3)27)35-21(30-20)10-8-11-22(35)31(4)23(29-7-2)19-12-16-34(17-13-19)26(36)33-14-9-15-33/h7-8,10,18-19,22,28H,2,6,9,11-17H2,1,3-5H3/b28-25?,29-23-. The molecular weight excluding hydrogens is 491 g/mol. The zero-order valence-electron chi connectivity index (χ0n) is 22.4. The van der Waals surface area contributed by atoms with Crippen LogP contribution in [0.5, 0.6) is 0 Å². The van der Waals surface area contributed by atoms with E-state index in [9.17, 15) is 9.18 Å². The van der Waals surface area contributed by atoms with Crippen LogP contribution in [-0.2, 0) is 6.42 Å². The zero-order valence-corrected chi connectivity index (χ0v) is 23.2. The van der Waals surface area contributed by atoms with Gasteiger partial charge in [-0.1, -0.05) is 31.3 Å². The van der Waals surface area contributed by atoms with E-state index < -0.39 is 5.50 Å². The minimum atomic E-state index is -1.17. The average molecular weight is 531 g/mol. The highest BCUT2D eigenvalue weighted by molar-refractivity contribution is 8.14. The summed E-state index contributed by atoms with van der Waals surface area (Å²) in [6.45, 7) is 10.5. The summed E-state index contributed by atoms with van der Waals surface area (Å²) in [5.74, 6) is 2.78. The van der Waals surface area contributed by atoms with E-state index in [4.69, 9.17) is 15.4 Å². The Kier molecular flexibility index (Phi) is 8.61. The summed E-state index contributed by atoms with van der Waals surface area (Å²) < 4.78 is 15.9. The molecule has 3 aliphatic rings. The molecule has 2 unspecified atom stereocenters. The molecule has 2 saturated heterocycles. The van der Waals surface area contributed by atoms with Gasteiger partial charge in [-0.3, -0.25) is 9.98 Å². The lowest BCUT2D eigenvalue weighted by molar-refractivity contribution is 0.114. The third kappa shape index (κ3) is 5.56. The Morgan fingerprint density at radius 1 is 1.32 bits per heavy atom. The topological polar surface area (TPSA) is 84.1 Å². The van der Waals surface area contributed by atoms with Crippen molar-refractivity contribution in [1.29, 1.82) is 5.41 Å². The van der Waals surface area contributed by atoms with E-state index in [2.05, 4.69) is 22.1 Å². The number of imidazole rings is 1. The number of rotatable bonds is 6. The molecule has 0 spiro atoms. The third-order valence-electron chi connectivity index (χ3n) is 7.41. The summed E-state index contributed by atoms with van der Waals surface area (Å²) >= 11 is 0.885. The highest BCUT2D eigenvalue weighted by Gasteiger charge is 2.35. The number of halogens is 1. The number of thioether (sulfide) groups is 1. The first kappa shape index (κ1) is 27.2. The summed E-state index contributed by atoms with van der Waals surface area (Å²) in [6.07, 6.45) is 9.85. The van der Waals surface area contributed by atoms with Gasteiger partial charge in [0.15, 0.2) is 5.17 Å². The van der Waals surface area contributed by atoms with E-state index in [1.54, 1.807) is 18.1 Å². The van der Waals surface area contributed by atoms with E-state index in [1.807, 2.05) is 29.8 Å². The number of urea groups is 1. The number of fused-ring (bicyclic) bond motifs is 1. The van der Waals surface area contributed by atoms with Crippen LogP contribution in [0.15, 0.2) is 23.8 Å². The van der Waals surface area contributed by atoms with Gasteiger partial charge in [-0.05, 0) is 38.7 Å². The van der Waals surface area contributed by atoms with E-state index >= 15 is 0 Å². The summed E-state index contributed by atoms with van der Waals surface area (Å²) in [7, 11) is 3.85. The van der Waals surface area contributed by atoms with Gasteiger partial charge in [0.25, 0.3) is 0 Å². The molecule has 1 N–H and O–H groups in total. The number of anilines is 1. The number of hydrogen-bond acceptors (Lipinski definition) is 5. The molecule has 4 rings (SSSR count). The van der Waals surface area contributed by atoms with E-state index in [1.165, 1.54) is 6.92 Å².